The van der Waals surface area contributed by atoms with Gasteiger partial charge in [-0.15, -0.1) is 0 Å². The van der Waals surface area contributed by atoms with Gasteiger partial charge in [-0.1, -0.05) is 32.4 Å². The van der Waals surface area contributed by atoms with Gasteiger partial charge in [-0.25, -0.2) is 4.98 Å². The number of amides is 1. The second-order valence-corrected chi connectivity index (χ2v) is 5.85. The zero-order chi connectivity index (χ0) is 14.0. The number of carbonyl (C=O) groups excluding carboxylic acids is 1. The van der Waals surface area contributed by atoms with Crippen LogP contribution in [0.15, 0.2) is 30.0 Å². The Morgan fingerprint density at radius 2 is 2.11 bits per heavy atom. The molecule has 0 aliphatic carbocycles. The number of carbonyl (C=O) groups is 1. The molecular formula is C15H19FN2O. The molecule has 2 heterocycles. The molecule has 1 amide bonds. The highest BCUT2D eigenvalue weighted by molar-refractivity contribution is 5.94. The molecule has 3 nitrogen and oxygen atoms in total. The Hall–Kier alpha value is -1.71. The van der Waals surface area contributed by atoms with E-state index in [0.717, 1.165) is 6.42 Å². The van der Waals surface area contributed by atoms with E-state index in [1.165, 1.54) is 23.9 Å². The fourth-order valence-electron chi connectivity index (χ4n) is 2.22. The molecule has 0 radical (unpaired) electrons. The summed E-state index contributed by atoms with van der Waals surface area (Å²) in [4.78, 5) is 17.5. The van der Waals surface area contributed by atoms with Crippen molar-refractivity contribution in [2.24, 2.45) is 5.41 Å². The first-order valence-electron chi connectivity index (χ1n) is 6.48. The van der Waals surface area contributed by atoms with Crippen molar-refractivity contribution in [3.63, 3.8) is 0 Å². The molecule has 0 atom stereocenters. The van der Waals surface area contributed by atoms with Crippen LogP contribution in [0.5, 0.6) is 0 Å². The number of nitrogens with zero attached hydrogens (tertiary/aromatic N) is 2. The summed E-state index contributed by atoms with van der Waals surface area (Å²) in [5, 5.41) is 0. The zero-order valence-corrected chi connectivity index (χ0v) is 11.6. The Morgan fingerprint density at radius 1 is 1.37 bits per heavy atom. The predicted molar refractivity (Wildman–Crippen MR) is 72.3 cm³/mol. The van der Waals surface area contributed by atoms with Gasteiger partial charge < -0.3 is 4.90 Å². The second-order valence-electron chi connectivity index (χ2n) is 5.85. The Labute approximate surface area is 113 Å². The topological polar surface area (TPSA) is 33.2 Å². The van der Waals surface area contributed by atoms with E-state index in [9.17, 15) is 9.18 Å². The Kier molecular flexibility index (Phi) is 3.69. The lowest BCUT2D eigenvalue weighted by Gasteiger charge is -2.32. The van der Waals surface area contributed by atoms with Crippen LogP contribution >= 0.6 is 0 Å². The molecule has 0 saturated carbocycles. The van der Waals surface area contributed by atoms with Gasteiger partial charge in [0.2, 0.25) is 5.95 Å². The number of hydrogen-bond donors (Lipinski definition) is 0. The van der Waals surface area contributed by atoms with Gasteiger partial charge in [-0.05, 0) is 24.0 Å². The lowest BCUT2D eigenvalue weighted by Crippen LogP contribution is -2.36. The van der Waals surface area contributed by atoms with Crippen molar-refractivity contribution in [3.05, 3.63) is 41.5 Å². The summed E-state index contributed by atoms with van der Waals surface area (Å²) >= 11 is 0. The first kappa shape index (κ1) is 13.7. The van der Waals surface area contributed by atoms with E-state index < -0.39 is 5.95 Å². The molecule has 0 fully saturated rings. The number of aromatic nitrogens is 1. The van der Waals surface area contributed by atoms with Crippen molar-refractivity contribution >= 4 is 5.91 Å². The van der Waals surface area contributed by atoms with Crippen molar-refractivity contribution < 1.29 is 9.18 Å². The van der Waals surface area contributed by atoms with Crippen LogP contribution in [0, 0.1) is 11.4 Å². The molecule has 1 aliphatic rings. The van der Waals surface area contributed by atoms with E-state index in [-0.39, 0.29) is 11.3 Å². The molecule has 0 bridgehead atoms. The number of hydrogen-bond acceptors (Lipinski definition) is 2. The predicted octanol–water partition coefficient (Wildman–Crippen LogP) is 3.04. The van der Waals surface area contributed by atoms with E-state index in [4.69, 9.17) is 0 Å². The molecule has 1 aromatic heterocycles. The van der Waals surface area contributed by atoms with Crippen molar-refractivity contribution in [1.82, 2.24) is 9.88 Å². The molecular weight excluding hydrogens is 243 g/mol. The normalized spacial score (nSPS) is 16.2. The van der Waals surface area contributed by atoms with E-state index in [0.29, 0.717) is 18.7 Å². The van der Waals surface area contributed by atoms with Gasteiger partial charge in [-0.2, -0.15) is 4.39 Å². The molecule has 4 heteroatoms. The third-order valence-corrected chi connectivity index (χ3v) is 3.43. The van der Waals surface area contributed by atoms with Gasteiger partial charge in [-0.3, -0.25) is 4.79 Å². The number of pyridine rings is 1. The largest absolute Gasteiger partial charge is 0.335 e. The third kappa shape index (κ3) is 3.19. The number of rotatable bonds is 1. The highest BCUT2D eigenvalue weighted by Gasteiger charge is 2.24. The molecule has 2 rings (SSSR count). The van der Waals surface area contributed by atoms with Crippen LogP contribution in [0.1, 0.15) is 37.6 Å². The molecule has 0 spiro atoms. The van der Waals surface area contributed by atoms with Crippen LogP contribution in [0.3, 0.4) is 0 Å². The monoisotopic (exact) mass is 262 g/mol. The molecule has 1 aromatic rings. The van der Waals surface area contributed by atoms with Crippen LogP contribution in [0.4, 0.5) is 4.39 Å². The molecule has 0 N–H and O–H groups in total. The summed E-state index contributed by atoms with van der Waals surface area (Å²) in [5.41, 5.74) is 1.98. The maximum absolute atomic E-state index is 12.7. The Bertz CT molecular complexity index is 500. The van der Waals surface area contributed by atoms with Crippen molar-refractivity contribution in [3.8, 4) is 0 Å². The first-order chi connectivity index (χ1) is 8.88. The van der Waals surface area contributed by atoms with Gasteiger partial charge in [0.25, 0.3) is 5.91 Å². The Balaban J connectivity index is 2.07. The lowest BCUT2D eigenvalue weighted by molar-refractivity contribution is 0.0764. The average Bonchev–Trinajstić information content (AvgIpc) is 2.38. The third-order valence-electron chi connectivity index (χ3n) is 3.43. The van der Waals surface area contributed by atoms with Crippen LogP contribution in [0.25, 0.3) is 0 Å². The van der Waals surface area contributed by atoms with Crippen molar-refractivity contribution in [2.75, 3.05) is 13.1 Å². The maximum atomic E-state index is 12.7. The Morgan fingerprint density at radius 3 is 2.58 bits per heavy atom. The fourth-order valence-corrected chi connectivity index (χ4v) is 2.22. The van der Waals surface area contributed by atoms with Crippen LogP contribution in [0.2, 0.25) is 0 Å². The maximum Gasteiger partial charge on any atom is 0.255 e. The van der Waals surface area contributed by atoms with Crippen LogP contribution in [-0.2, 0) is 0 Å². The molecule has 0 saturated heterocycles. The van der Waals surface area contributed by atoms with Crippen molar-refractivity contribution in [1.29, 1.82) is 0 Å². The van der Waals surface area contributed by atoms with Crippen molar-refractivity contribution in [2.45, 2.75) is 27.2 Å². The standard InChI is InChI=1S/C15H19FN2O/c1-15(2,3)12-6-8-18(9-7-12)14(19)11-4-5-13(16)17-10-11/h4-6,10H,7-9H2,1-3H3. The highest BCUT2D eigenvalue weighted by atomic mass is 19.1. The lowest BCUT2D eigenvalue weighted by atomic mass is 9.83. The summed E-state index contributed by atoms with van der Waals surface area (Å²) in [7, 11) is 0. The van der Waals surface area contributed by atoms with E-state index in [2.05, 4.69) is 31.8 Å². The smallest absolute Gasteiger partial charge is 0.255 e. The van der Waals surface area contributed by atoms with E-state index >= 15 is 0 Å². The average molecular weight is 262 g/mol. The summed E-state index contributed by atoms with van der Waals surface area (Å²) in [6.07, 6.45) is 4.31. The molecule has 0 aromatic carbocycles. The van der Waals surface area contributed by atoms with E-state index in [1.807, 2.05) is 0 Å². The van der Waals surface area contributed by atoms with Crippen LogP contribution < -0.4 is 0 Å². The molecule has 1 aliphatic heterocycles. The van der Waals surface area contributed by atoms with Gasteiger partial charge >= 0.3 is 0 Å². The minimum Gasteiger partial charge on any atom is -0.335 e. The summed E-state index contributed by atoms with van der Waals surface area (Å²) in [6.45, 7) is 7.86. The molecule has 19 heavy (non-hydrogen) atoms. The van der Waals surface area contributed by atoms with Gasteiger partial charge in [0.05, 0.1) is 5.56 Å². The fraction of sp³-hybridized carbons (Fsp3) is 0.467. The summed E-state index contributed by atoms with van der Waals surface area (Å²) < 4.78 is 12.7. The second kappa shape index (κ2) is 5.11. The number of halogens is 1. The molecule has 0 unspecified atom stereocenters. The van der Waals surface area contributed by atoms with Gasteiger partial charge in [0.1, 0.15) is 0 Å². The SMILES string of the molecule is CC(C)(C)C1=CCN(C(=O)c2ccc(F)nc2)CC1. The summed E-state index contributed by atoms with van der Waals surface area (Å²) in [5.74, 6) is -0.651. The van der Waals surface area contributed by atoms with Gasteiger partial charge in [0.15, 0.2) is 0 Å². The molecule has 102 valence electrons. The minimum absolute atomic E-state index is 0.0864. The minimum atomic E-state index is -0.565. The zero-order valence-electron chi connectivity index (χ0n) is 11.6. The van der Waals surface area contributed by atoms with Crippen LogP contribution in [-0.4, -0.2) is 28.9 Å². The van der Waals surface area contributed by atoms with E-state index in [1.54, 1.807) is 4.90 Å². The summed E-state index contributed by atoms with van der Waals surface area (Å²) in [6, 6.07) is 2.70. The first-order valence-corrected chi connectivity index (χ1v) is 6.48. The highest BCUT2D eigenvalue weighted by Crippen LogP contribution is 2.30. The quantitative estimate of drug-likeness (QED) is 0.575. The van der Waals surface area contributed by atoms with Gasteiger partial charge in [0, 0.05) is 19.3 Å².